The second-order valence-corrected chi connectivity index (χ2v) is 4.83. The summed E-state index contributed by atoms with van der Waals surface area (Å²) in [5.74, 6) is 0.368. The zero-order valence-corrected chi connectivity index (χ0v) is 10.2. The molecule has 1 rings (SSSR count). The minimum atomic E-state index is -0.328. The van der Waals surface area contributed by atoms with Crippen molar-refractivity contribution >= 4 is 5.91 Å². The van der Waals surface area contributed by atoms with Gasteiger partial charge in [0.2, 0.25) is 5.91 Å². The van der Waals surface area contributed by atoms with E-state index in [-0.39, 0.29) is 17.9 Å². The van der Waals surface area contributed by atoms with Gasteiger partial charge in [0.1, 0.15) is 0 Å². The standard InChI is InChI=1S/C12H24N2O/c1-4-14(10-7-5-6-8-10)12(15)11(13)9(2)3/h9-11H,4-8,13H2,1-3H3/t11-/m1/s1. The fourth-order valence-corrected chi connectivity index (χ4v) is 2.29. The lowest BCUT2D eigenvalue weighted by Crippen LogP contribution is -2.49. The number of hydrogen-bond acceptors (Lipinski definition) is 2. The molecule has 0 unspecified atom stereocenters. The first kappa shape index (κ1) is 12.5. The van der Waals surface area contributed by atoms with Gasteiger partial charge in [-0.3, -0.25) is 4.79 Å². The number of nitrogens with zero attached hydrogens (tertiary/aromatic N) is 1. The predicted octanol–water partition coefficient (Wildman–Crippen LogP) is 1.76. The van der Waals surface area contributed by atoms with E-state index in [1.165, 1.54) is 12.8 Å². The summed E-state index contributed by atoms with van der Waals surface area (Å²) in [5, 5.41) is 0. The molecule has 1 aliphatic carbocycles. The summed E-state index contributed by atoms with van der Waals surface area (Å²) in [7, 11) is 0. The summed E-state index contributed by atoms with van der Waals surface area (Å²) in [6, 6.07) is 0.123. The molecule has 0 aromatic carbocycles. The Hall–Kier alpha value is -0.570. The zero-order chi connectivity index (χ0) is 11.4. The van der Waals surface area contributed by atoms with Gasteiger partial charge in [0.05, 0.1) is 6.04 Å². The topological polar surface area (TPSA) is 46.3 Å². The predicted molar refractivity (Wildman–Crippen MR) is 62.5 cm³/mol. The molecule has 0 radical (unpaired) electrons. The highest BCUT2D eigenvalue weighted by Gasteiger charge is 2.29. The molecule has 3 nitrogen and oxygen atoms in total. The molecule has 0 saturated heterocycles. The lowest BCUT2D eigenvalue weighted by Gasteiger charge is -2.31. The lowest BCUT2D eigenvalue weighted by atomic mass is 10.0. The molecule has 15 heavy (non-hydrogen) atoms. The van der Waals surface area contributed by atoms with E-state index in [0.29, 0.717) is 6.04 Å². The van der Waals surface area contributed by atoms with E-state index >= 15 is 0 Å². The number of nitrogens with two attached hydrogens (primary N) is 1. The van der Waals surface area contributed by atoms with Crippen molar-refractivity contribution in [2.45, 2.75) is 58.5 Å². The van der Waals surface area contributed by atoms with Crippen molar-refractivity contribution < 1.29 is 4.79 Å². The van der Waals surface area contributed by atoms with E-state index in [1.807, 2.05) is 25.7 Å². The molecule has 2 N–H and O–H groups in total. The van der Waals surface area contributed by atoms with Gasteiger partial charge in [0, 0.05) is 12.6 Å². The van der Waals surface area contributed by atoms with E-state index in [2.05, 4.69) is 0 Å². The van der Waals surface area contributed by atoms with Crippen LogP contribution in [-0.2, 0) is 4.79 Å². The van der Waals surface area contributed by atoms with Gasteiger partial charge in [0.15, 0.2) is 0 Å². The first-order valence-electron chi connectivity index (χ1n) is 6.14. The van der Waals surface area contributed by atoms with Crippen molar-refractivity contribution in [3.8, 4) is 0 Å². The Morgan fingerprint density at radius 1 is 1.40 bits per heavy atom. The normalized spacial score (nSPS) is 19.5. The number of hydrogen-bond donors (Lipinski definition) is 1. The van der Waals surface area contributed by atoms with Gasteiger partial charge in [-0.15, -0.1) is 0 Å². The van der Waals surface area contributed by atoms with Gasteiger partial charge in [-0.2, -0.15) is 0 Å². The van der Waals surface area contributed by atoms with Gasteiger partial charge in [-0.1, -0.05) is 26.7 Å². The maximum Gasteiger partial charge on any atom is 0.239 e. The largest absolute Gasteiger partial charge is 0.339 e. The Morgan fingerprint density at radius 3 is 2.33 bits per heavy atom. The van der Waals surface area contributed by atoms with Crippen LogP contribution in [-0.4, -0.2) is 29.4 Å². The van der Waals surface area contributed by atoms with Crippen LogP contribution in [0.2, 0.25) is 0 Å². The zero-order valence-electron chi connectivity index (χ0n) is 10.2. The van der Waals surface area contributed by atoms with Gasteiger partial charge < -0.3 is 10.6 Å². The number of likely N-dealkylation sites (N-methyl/N-ethyl adjacent to an activating group) is 1. The average Bonchev–Trinajstić information content (AvgIpc) is 2.70. The molecule has 0 aromatic rings. The Kier molecular flexibility index (Phi) is 4.58. The highest BCUT2D eigenvalue weighted by molar-refractivity contribution is 5.82. The van der Waals surface area contributed by atoms with Crippen molar-refractivity contribution in [3.05, 3.63) is 0 Å². The molecule has 1 atom stereocenters. The summed E-state index contributed by atoms with van der Waals surface area (Å²) in [4.78, 5) is 14.1. The maximum atomic E-state index is 12.1. The summed E-state index contributed by atoms with van der Waals surface area (Å²) in [5.41, 5.74) is 5.91. The molecular formula is C12H24N2O. The molecule has 1 amide bonds. The SMILES string of the molecule is CCN(C(=O)[C@H](N)C(C)C)C1CCCC1. The van der Waals surface area contributed by atoms with Gasteiger partial charge in [-0.05, 0) is 25.7 Å². The van der Waals surface area contributed by atoms with Crippen LogP contribution in [0, 0.1) is 5.92 Å². The Labute approximate surface area is 93.0 Å². The number of amides is 1. The Morgan fingerprint density at radius 2 is 1.93 bits per heavy atom. The molecule has 1 aliphatic rings. The van der Waals surface area contributed by atoms with Crippen LogP contribution in [0.25, 0.3) is 0 Å². The maximum absolute atomic E-state index is 12.1. The number of carbonyl (C=O) groups is 1. The fraction of sp³-hybridized carbons (Fsp3) is 0.917. The average molecular weight is 212 g/mol. The number of carbonyl (C=O) groups excluding carboxylic acids is 1. The van der Waals surface area contributed by atoms with Crippen molar-refractivity contribution in [1.82, 2.24) is 4.90 Å². The monoisotopic (exact) mass is 212 g/mol. The highest BCUT2D eigenvalue weighted by atomic mass is 16.2. The summed E-state index contributed by atoms with van der Waals surface area (Å²) in [6.45, 7) is 6.85. The minimum absolute atomic E-state index is 0.138. The van der Waals surface area contributed by atoms with Crippen molar-refractivity contribution in [2.75, 3.05) is 6.54 Å². The van der Waals surface area contributed by atoms with Crippen LogP contribution >= 0.6 is 0 Å². The van der Waals surface area contributed by atoms with Crippen LogP contribution in [0.1, 0.15) is 46.5 Å². The summed E-state index contributed by atoms with van der Waals surface area (Å²) in [6.07, 6.45) is 4.82. The minimum Gasteiger partial charge on any atom is -0.339 e. The van der Waals surface area contributed by atoms with E-state index in [4.69, 9.17) is 5.73 Å². The third-order valence-corrected chi connectivity index (χ3v) is 3.39. The van der Waals surface area contributed by atoms with Crippen LogP contribution in [0.15, 0.2) is 0 Å². The Bertz CT molecular complexity index is 210. The van der Waals surface area contributed by atoms with Crippen molar-refractivity contribution in [1.29, 1.82) is 0 Å². The molecule has 1 fully saturated rings. The molecular weight excluding hydrogens is 188 g/mol. The van der Waals surface area contributed by atoms with E-state index in [0.717, 1.165) is 19.4 Å². The third-order valence-electron chi connectivity index (χ3n) is 3.39. The van der Waals surface area contributed by atoms with Crippen LogP contribution < -0.4 is 5.73 Å². The van der Waals surface area contributed by atoms with E-state index in [9.17, 15) is 4.79 Å². The van der Waals surface area contributed by atoms with Gasteiger partial charge in [0.25, 0.3) is 0 Å². The molecule has 3 heteroatoms. The molecule has 0 bridgehead atoms. The fourth-order valence-electron chi connectivity index (χ4n) is 2.29. The van der Waals surface area contributed by atoms with Gasteiger partial charge in [-0.25, -0.2) is 0 Å². The van der Waals surface area contributed by atoms with Crippen LogP contribution in [0.3, 0.4) is 0 Å². The molecule has 88 valence electrons. The first-order chi connectivity index (χ1) is 7.07. The molecule has 0 spiro atoms. The lowest BCUT2D eigenvalue weighted by molar-refractivity contribution is -0.135. The highest BCUT2D eigenvalue weighted by Crippen LogP contribution is 2.24. The van der Waals surface area contributed by atoms with Crippen LogP contribution in [0.5, 0.6) is 0 Å². The van der Waals surface area contributed by atoms with Crippen molar-refractivity contribution in [2.24, 2.45) is 11.7 Å². The third kappa shape index (κ3) is 2.94. The quantitative estimate of drug-likeness (QED) is 0.772. The number of rotatable bonds is 4. The summed E-state index contributed by atoms with van der Waals surface area (Å²) >= 11 is 0. The second-order valence-electron chi connectivity index (χ2n) is 4.83. The molecule has 0 aliphatic heterocycles. The van der Waals surface area contributed by atoms with E-state index < -0.39 is 0 Å². The smallest absolute Gasteiger partial charge is 0.239 e. The molecule has 1 saturated carbocycles. The molecule has 0 heterocycles. The second kappa shape index (κ2) is 5.50. The van der Waals surface area contributed by atoms with Crippen molar-refractivity contribution in [3.63, 3.8) is 0 Å². The molecule has 0 aromatic heterocycles. The van der Waals surface area contributed by atoms with E-state index in [1.54, 1.807) is 0 Å². The first-order valence-corrected chi connectivity index (χ1v) is 6.14. The van der Waals surface area contributed by atoms with Crippen LogP contribution in [0.4, 0.5) is 0 Å². The Balaban J connectivity index is 2.60. The summed E-state index contributed by atoms with van der Waals surface area (Å²) < 4.78 is 0. The van der Waals surface area contributed by atoms with Gasteiger partial charge >= 0.3 is 0 Å².